The lowest BCUT2D eigenvalue weighted by atomic mass is 9.94. The summed E-state index contributed by atoms with van der Waals surface area (Å²) in [6.45, 7) is -0.139. The fraction of sp³-hybridized carbons (Fsp3) is 0.294. The van der Waals surface area contributed by atoms with Gasteiger partial charge in [-0.3, -0.25) is 14.4 Å². The summed E-state index contributed by atoms with van der Waals surface area (Å²) in [5.41, 5.74) is 0.277. The van der Waals surface area contributed by atoms with E-state index in [0.717, 1.165) is 24.3 Å². The molecule has 0 atom stereocenters. The lowest BCUT2D eigenvalue weighted by Gasteiger charge is -2.30. The smallest absolute Gasteiger partial charge is 0.334 e. The topological polar surface area (TPSA) is 101 Å². The molecule has 0 radical (unpaired) electrons. The van der Waals surface area contributed by atoms with E-state index in [1.54, 1.807) is 18.2 Å². The number of alkyl halides is 6. The average molecular weight is 693 g/mol. The molecule has 254 valence electrons. The number of rotatable bonds is 9. The molecule has 0 aromatic heterocycles. The SMILES string of the molecule is O=C(CCCC(=O)N1C/C(=C\Cc2ccc(C(F)(F)F)cc2)C(=O)/C(=C/Cc2ccc(C(F)(F)F)cc2)C1)NC1=CCC(=S(=O)=O)C=C1. The number of carbonyl (C=O) groups is 3. The molecule has 0 saturated carbocycles. The number of carbonyl (C=O) groups excluding carboxylic acids is 3. The molecule has 1 aliphatic carbocycles. The van der Waals surface area contributed by atoms with E-state index in [1.807, 2.05) is 0 Å². The number of amides is 2. The third-order valence-corrected chi connectivity index (χ3v) is 8.38. The van der Waals surface area contributed by atoms with Crippen molar-refractivity contribution in [2.75, 3.05) is 13.1 Å². The van der Waals surface area contributed by atoms with Gasteiger partial charge in [-0.15, -0.1) is 0 Å². The van der Waals surface area contributed by atoms with E-state index < -0.39 is 33.8 Å². The highest BCUT2D eigenvalue weighted by atomic mass is 32.2. The number of halogens is 6. The lowest BCUT2D eigenvalue weighted by Crippen LogP contribution is -2.41. The van der Waals surface area contributed by atoms with Crippen LogP contribution in [0.3, 0.4) is 0 Å². The van der Waals surface area contributed by atoms with Gasteiger partial charge in [0.25, 0.3) is 0 Å². The van der Waals surface area contributed by atoms with E-state index >= 15 is 0 Å². The van der Waals surface area contributed by atoms with Gasteiger partial charge in [0.1, 0.15) is 0 Å². The maximum absolute atomic E-state index is 13.4. The number of allylic oxidation sites excluding steroid dienone is 5. The number of likely N-dealkylation sites (tertiary alicyclic amines) is 1. The van der Waals surface area contributed by atoms with E-state index in [-0.39, 0.29) is 85.2 Å². The van der Waals surface area contributed by atoms with Crippen molar-refractivity contribution in [2.24, 2.45) is 0 Å². The molecule has 1 fully saturated rings. The highest BCUT2D eigenvalue weighted by molar-refractivity contribution is 7.73. The van der Waals surface area contributed by atoms with Crippen LogP contribution in [-0.2, 0) is 49.9 Å². The van der Waals surface area contributed by atoms with E-state index in [4.69, 9.17) is 0 Å². The van der Waals surface area contributed by atoms with Crippen LogP contribution in [0.2, 0.25) is 0 Å². The number of hydrogen-bond donors (Lipinski definition) is 1. The van der Waals surface area contributed by atoms with Crippen molar-refractivity contribution in [1.29, 1.82) is 0 Å². The first-order valence-electron chi connectivity index (χ1n) is 14.8. The van der Waals surface area contributed by atoms with Crippen LogP contribution in [0.4, 0.5) is 26.3 Å². The van der Waals surface area contributed by atoms with Crippen molar-refractivity contribution in [3.8, 4) is 0 Å². The number of Topliss-reactive ketones (excluding diaryl/α,β-unsaturated/α-hetero) is 1. The number of nitrogens with one attached hydrogen (secondary N) is 1. The molecule has 1 saturated heterocycles. The molecular weight excluding hydrogens is 662 g/mol. The summed E-state index contributed by atoms with van der Waals surface area (Å²) in [5.74, 6) is -1.12. The number of piperidine rings is 1. The van der Waals surface area contributed by atoms with Crippen molar-refractivity contribution in [3.05, 3.63) is 118 Å². The molecule has 0 spiro atoms. The lowest BCUT2D eigenvalue weighted by molar-refractivity contribution is -0.138. The molecule has 2 aromatic rings. The standard InChI is InChI=1S/C34H30F6N2O5S/c35-33(36,37)26-12-6-22(7-13-26)4-10-24-20-42(21-25(32(24)45)11-5-23-8-14-27(15-9-23)34(38,39)40)31(44)3-1-2-30(43)41-28-16-18-29(19-17-28)48(46)47/h6-18H,1-5,19-21H2,(H,41,43)/b24-10+,25-11+. The van der Waals surface area contributed by atoms with E-state index in [0.29, 0.717) is 16.8 Å². The number of benzene rings is 2. The average Bonchev–Trinajstić information content (AvgIpc) is 3.03. The van der Waals surface area contributed by atoms with Crippen LogP contribution < -0.4 is 5.32 Å². The fourth-order valence-electron chi connectivity index (χ4n) is 4.98. The minimum absolute atomic E-state index is 0.0129. The Morgan fingerprint density at radius 3 is 1.69 bits per heavy atom. The molecule has 48 heavy (non-hydrogen) atoms. The predicted molar refractivity (Wildman–Crippen MR) is 166 cm³/mol. The van der Waals surface area contributed by atoms with Gasteiger partial charge in [0.15, 0.2) is 5.78 Å². The molecular formula is C34H30F6N2O5S. The molecule has 14 heteroatoms. The number of ketones is 1. The second-order valence-electron chi connectivity index (χ2n) is 11.1. The summed E-state index contributed by atoms with van der Waals surface area (Å²) in [7, 11) is -2.35. The molecule has 0 bridgehead atoms. The van der Waals surface area contributed by atoms with Crippen LogP contribution >= 0.6 is 0 Å². The summed E-state index contributed by atoms with van der Waals surface area (Å²) in [6, 6.07) is 8.92. The van der Waals surface area contributed by atoms with Crippen molar-refractivity contribution in [3.63, 3.8) is 0 Å². The Morgan fingerprint density at radius 2 is 1.27 bits per heavy atom. The molecule has 1 N–H and O–H groups in total. The first kappa shape index (κ1) is 36.1. The van der Waals surface area contributed by atoms with Gasteiger partial charge in [-0.05, 0) is 66.8 Å². The van der Waals surface area contributed by atoms with Crippen LogP contribution in [-0.4, -0.2) is 48.9 Å². The first-order valence-corrected chi connectivity index (χ1v) is 15.8. The van der Waals surface area contributed by atoms with Crippen LogP contribution in [0, 0.1) is 0 Å². The van der Waals surface area contributed by atoms with Crippen molar-refractivity contribution in [2.45, 2.75) is 50.9 Å². The Balaban J connectivity index is 1.44. The van der Waals surface area contributed by atoms with Crippen LogP contribution in [0.1, 0.15) is 47.9 Å². The third kappa shape index (κ3) is 10.1. The molecule has 4 rings (SSSR count). The van der Waals surface area contributed by atoms with Gasteiger partial charge in [-0.2, -0.15) is 34.8 Å². The monoisotopic (exact) mass is 692 g/mol. The van der Waals surface area contributed by atoms with Crippen molar-refractivity contribution in [1.82, 2.24) is 10.2 Å². The second kappa shape index (κ2) is 15.5. The molecule has 1 aliphatic heterocycles. The molecule has 2 aromatic carbocycles. The van der Waals surface area contributed by atoms with E-state index in [9.17, 15) is 49.1 Å². The largest absolute Gasteiger partial charge is 0.416 e. The number of hydrogen-bond acceptors (Lipinski definition) is 5. The van der Waals surface area contributed by atoms with Gasteiger partial charge < -0.3 is 10.2 Å². The molecule has 0 unspecified atom stereocenters. The van der Waals surface area contributed by atoms with Gasteiger partial charge in [-0.25, -0.2) is 0 Å². The molecule has 2 amide bonds. The van der Waals surface area contributed by atoms with Gasteiger partial charge in [-0.1, -0.05) is 42.5 Å². The Bertz CT molecular complexity index is 1730. The fourth-order valence-corrected chi connectivity index (χ4v) is 5.38. The highest BCUT2D eigenvalue weighted by Crippen LogP contribution is 2.30. The zero-order valence-electron chi connectivity index (χ0n) is 25.3. The third-order valence-electron chi connectivity index (χ3n) is 7.65. The van der Waals surface area contributed by atoms with Crippen LogP contribution in [0.5, 0.6) is 0 Å². The second-order valence-corrected chi connectivity index (χ2v) is 12.1. The Hall–Kier alpha value is -4.72. The van der Waals surface area contributed by atoms with Crippen LogP contribution in [0.15, 0.2) is 95.8 Å². The van der Waals surface area contributed by atoms with Crippen molar-refractivity contribution < 1.29 is 49.1 Å². The molecule has 1 heterocycles. The highest BCUT2D eigenvalue weighted by Gasteiger charge is 2.31. The summed E-state index contributed by atoms with van der Waals surface area (Å²) < 4.78 is 99.8. The zero-order chi connectivity index (χ0) is 35.1. The quantitative estimate of drug-likeness (QED) is 0.199. The minimum atomic E-state index is -4.50. The predicted octanol–water partition coefficient (Wildman–Crippen LogP) is 5.96. The molecule has 2 aliphatic rings. The van der Waals surface area contributed by atoms with Gasteiger partial charge in [0.2, 0.25) is 22.1 Å². The maximum atomic E-state index is 13.4. The normalized spacial score (nSPS) is 17.1. The Kier molecular flexibility index (Phi) is 11.6. The summed E-state index contributed by atoms with van der Waals surface area (Å²) >= 11 is 0. The van der Waals surface area contributed by atoms with Gasteiger partial charge in [0, 0.05) is 49.2 Å². The number of nitrogens with zero attached hydrogens (tertiary/aromatic N) is 1. The van der Waals surface area contributed by atoms with E-state index in [2.05, 4.69) is 5.32 Å². The zero-order valence-corrected chi connectivity index (χ0v) is 26.1. The minimum Gasteiger partial charge on any atom is -0.334 e. The summed E-state index contributed by atoms with van der Waals surface area (Å²) in [6.07, 6.45) is -1.05. The van der Waals surface area contributed by atoms with Crippen molar-refractivity contribution >= 4 is 32.8 Å². The summed E-state index contributed by atoms with van der Waals surface area (Å²) in [5, 5.41) is 2.65. The molecule has 7 nitrogen and oxygen atoms in total. The Labute approximate surface area is 273 Å². The van der Waals surface area contributed by atoms with E-state index in [1.165, 1.54) is 41.3 Å². The van der Waals surface area contributed by atoms with Crippen LogP contribution in [0.25, 0.3) is 0 Å². The van der Waals surface area contributed by atoms with Gasteiger partial charge in [0.05, 0.1) is 16.0 Å². The summed E-state index contributed by atoms with van der Waals surface area (Å²) in [4.78, 5) is 40.6. The Morgan fingerprint density at radius 1 is 0.771 bits per heavy atom. The first-order chi connectivity index (χ1) is 22.6. The van der Waals surface area contributed by atoms with Gasteiger partial charge >= 0.3 is 12.4 Å². The maximum Gasteiger partial charge on any atom is 0.416 e.